The van der Waals surface area contributed by atoms with E-state index in [1.54, 1.807) is 0 Å². The second kappa shape index (κ2) is 7.20. The van der Waals surface area contributed by atoms with Gasteiger partial charge in [-0.3, -0.25) is 4.90 Å². The molecule has 0 amide bonds. The van der Waals surface area contributed by atoms with Crippen LogP contribution in [0.1, 0.15) is 18.5 Å². The maximum atomic E-state index is 6.00. The van der Waals surface area contributed by atoms with Crippen LogP contribution in [0.15, 0.2) is 18.2 Å². The molecule has 2 unspecified atom stereocenters. The zero-order valence-corrected chi connectivity index (χ0v) is 13.3. The van der Waals surface area contributed by atoms with Gasteiger partial charge >= 0.3 is 0 Å². The zero-order chi connectivity index (χ0) is 14.5. The number of benzene rings is 1. The lowest BCUT2D eigenvalue weighted by molar-refractivity contribution is 0.169. The van der Waals surface area contributed by atoms with E-state index in [4.69, 9.17) is 15.2 Å². The first-order valence-electron chi connectivity index (χ1n) is 6.97. The van der Waals surface area contributed by atoms with Gasteiger partial charge in [-0.2, -0.15) is 11.8 Å². The van der Waals surface area contributed by atoms with E-state index in [-0.39, 0.29) is 6.04 Å². The molecule has 2 rings (SSSR count). The van der Waals surface area contributed by atoms with E-state index < -0.39 is 0 Å². The summed E-state index contributed by atoms with van der Waals surface area (Å²) < 4.78 is 11.2. The lowest BCUT2D eigenvalue weighted by Gasteiger charge is -2.33. The highest BCUT2D eigenvalue weighted by molar-refractivity contribution is 7.98. The molecule has 0 bridgehead atoms. The third kappa shape index (κ3) is 3.40. The topological polar surface area (TPSA) is 47.7 Å². The number of thioether (sulfide) groups is 1. The van der Waals surface area contributed by atoms with Crippen LogP contribution >= 0.6 is 11.8 Å². The van der Waals surface area contributed by atoms with Crippen LogP contribution in [-0.4, -0.2) is 49.8 Å². The van der Waals surface area contributed by atoms with E-state index in [1.165, 1.54) is 5.56 Å². The fraction of sp³-hybridized carbons (Fsp3) is 0.600. The Balaban J connectivity index is 2.18. The molecule has 0 fully saturated rings. The SMILES string of the molecule is CSCC(C)N(C)C(CN)c1ccc2c(c1)OCCO2. The molecule has 0 spiro atoms. The van der Waals surface area contributed by atoms with Gasteiger partial charge in [0.2, 0.25) is 0 Å². The molecule has 2 atom stereocenters. The number of likely N-dealkylation sites (N-methyl/N-ethyl adjacent to an activating group) is 1. The summed E-state index contributed by atoms with van der Waals surface area (Å²) in [6.45, 7) is 4.06. The fourth-order valence-corrected chi connectivity index (χ4v) is 3.19. The molecule has 5 heteroatoms. The molecule has 0 saturated carbocycles. The lowest BCUT2D eigenvalue weighted by atomic mass is 10.0. The molecule has 20 heavy (non-hydrogen) atoms. The van der Waals surface area contributed by atoms with Crippen molar-refractivity contribution in [1.29, 1.82) is 0 Å². The lowest BCUT2D eigenvalue weighted by Crippen LogP contribution is -2.38. The van der Waals surface area contributed by atoms with Crippen LogP contribution in [0, 0.1) is 0 Å². The van der Waals surface area contributed by atoms with Crippen molar-refractivity contribution in [2.45, 2.75) is 19.0 Å². The Kier molecular flexibility index (Phi) is 5.57. The Morgan fingerprint density at radius 1 is 1.30 bits per heavy atom. The molecule has 4 nitrogen and oxygen atoms in total. The number of ether oxygens (including phenoxy) is 2. The zero-order valence-electron chi connectivity index (χ0n) is 12.5. The Hall–Kier alpha value is -0.910. The second-order valence-corrected chi connectivity index (χ2v) is 6.04. The van der Waals surface area contributed by atoms with Crippen LogP contribution in [0.5, 0.6) is 11.5 Å². The van der Waals surface area contributed by atoms with Gasteiger partial charge in [-0.1, -0.05) is 6.07 Å². The summed E-state index contributed by atoms with van der Waals surface area (Å²) in [5.74, 6) is 2.76. The predicted octanol–water partition coefficient (Wildman–Crippen LogP) is 2.14. The van der Waals surface area contributed by atoms with Gasteiger partial charge in [0.15, 0.2) is 11.5 Å². The molecule has 1 aromatic carbocycles. The first-order chi connectivity index (χ1) is 9.67. The molecule has 0 aliphatic carbocycles. The van der Waals surface area contributed by atoms with Crippen molar-refractivity contribution in [2.24, 2.45) is 5.73 Å². The number of hydrogen-bond acceptors (Lipinski definition) is 5. The third-order valence-electron chi connectivity index (χ3n) is 3.77. The normalized spacial score (nSPS) is 17.1. The maximum absolute atomic E-state index is 6.00. The van der Waals surface area contributed by atoms with E-state index >= 15 is 0 Å². The van der Waals surface area contributed by atoms with Crippen molar-refractivity contribution in [3.63, 3.8) is 0 Å². The average molecular weight is 296 g/mol. The van der Waals surface area contributed by atoms with Gasteiger partial charge in [0.25, 0.3) is 0 Å². The molecule has 1 aromatic rings. The molecule has 0 saturated heterocycles. The van der Waals surface area contributed by atoms with Crippen molar-refractivity contribution in [3.8, 4) is 11.5 Å². The van der Waals surface area contributed by atoms with Crippen molar-refractivity contribution in [1.82, 2.24) is 4.90 Å². The van der Waals surface area contributed by atoms with E-state index in [0.717, 1.165) is 17.3 Å². The Bertz CT molecular complexity index is 442. The Morgan fingerprint density at radius 3 is 2.65 bits per heavy atom. The highest BCUT2D eigenvalue weighted by atomic mass is 32.2. The Morgan fingerprint density at radius 2 is 2.00 bits per heavy atom. The van der Waals surface area contributed by atoms with Crippen LogP contribution in [0.3, 0.4) is 0 Å². The molecule has 1 aliphatic heterocycles. The molecule has 112 valence electrons. The quantitative estimate of drug-likeness (QED) is 0.871. The molecular weight excluding hydrogens is 272 g/mol. The van der Waals surface area contributed by atoms with Crippen molar-refractivity contribution in [3.05, 3.63) is 23.8 Å². The fourth-order valence-electron chi connectivity index (χ4n) is 2.47. The van der Waals surface area contributed by atoms with Gasteiger partial charge in [0.1, 0.15) is 13.2 Å². The second-order valence-electron chi connectivity index (χ2n) is 5.12. The molecule has 1 aliphatic rings. The van der Waals surface area contributed by atoms with Crippen LogP contribution in [-0.2, 0) is 0 Å². The van der Waals surface area contributed by atoms with Crippen LogP contribution in [0.4, 0.5) is 0 Å². The first-order valence-corrected chi connectivity index (χ1v) is 8.37. The number of rotatable bonds is 6. The van der Waals surface area contributed by atoms with E-state index in [0.29, 0.717) is 25.8 Å². The van der Waals surface area contributed by atoms with Gasteiger partial charge in [-0.05, 0) is 37.9 Å². The molecule has 0 aromatic heterocycles. The minimum Gasteiger partial charge on any atom is -0.486 e. The number of fused-ring (bicyclic) bond motifs is 1. The predicted molar refractivity (Wildman–Crippen MR) is 84.8 cm³/mol. The van der Waals surface area contributed by atoms with Gasteiger partial charge in [0.05, 0.1) is 0 Å². The van der Waals surface area contributed by atoms with Crippen LogP contribution in [0.2, 0.25) is 0 Å². The van der Waals surface area contributed by atoms with E-state index in [2.05, 4.69) is 37.3 Å². The smallest absolute Gasteiger partial charge is 0.161 e. The summed E-state index contributed by atoms with van der Waals surface area (Å²) >= 11 is 1.86. The summed E-state index contributed by atoms with van der Waals surface area (Å²) in [7, 11) is 2.13. The number of nitrogens with two attached hydrogens (primary N) is 1. The highest BCUT2D eigenvalue weighted by Crippen LogP contribution is 2.34. The molecule has 1 heterocycles. The summed E-state index contributed by atoms with van der Waals surface area (Å²) in [5, 5.41) is 0. The minimum atomic E-state index is 0.202. The number of nitrogens with zero attached hydrogens (tertiary/aromatic N) is 1. The molecule has 2 N–H and O–H groups in total. The van der Waals surface area contributed by atoms with Gasteiger partial charge < -0.3 is 15.2 Å². The van der Waals surface area contributed by atoms with Gasteiger partial charge in [-0.15, -0.1) is 0 Å². The minimum absolute atomic E-state index is 0.202. The average Bonchev–Trinajstić information content (AvgIpc) is 2.48. The van der Waals surface area contributed by atoms with Crippen LogP contribution in [0.25, 0.3) is 0 Å². The summed E-state index contributed by atoms with van der Waals surface area (Å²) in [5.41, 5.74) is 7.18. The van der Waals surface area contributed by atoms with Gasteiger partial charge in [0, 0.05) is 24.4 Å². The van der Waals surface area contributed by atoms with Crippen molar-refractivity contribution >= 4 is 11.8 Å². The Labute approximate surface area is 125 Å². The van der Waals surface area contributed by atoms with E-state index in [9.17, 15) is 0 Å². The monoisotopic (exact) mass is 296 g/mol. The maximum Gasteiger partial charge on any atom is 0.161 e. The molecule has 0 radical (unpaired) electrons. The van der Waals surface area contributed by atoms with Gasteiger partial charge in [-0.25, -0.2) is 0 Å². The van der Waals surface area contributed by atoms with Crippen molar-refractivity contribution in [2.75, 3.05) is 38.8 Å². The standard InChI is InChI=1S/C15H24N2O2S/c1-11(10-20-3)17(2)13(9-16)12-4-5-14-15(8-12)19-7-6-18-14/h4-5,8,11,13H,6-7,9-10,16H2,1-3H3. The first kappa shape index (κ1) is 15.5. The summed E-state index contributed by atoms with van der Waals surface area (Å²) in [6, 6.07) is 6.82. The highest BCUT2D eigenvalue weighted by Gasteiger charge is 2.22. The third-order valence-corrected chi connectivity index (χ3v) is 4.58. The largest absolute Gasteiger partial charge is 0.486 e. The van der Waals surface area contributed by atoms with E-state index in [1.807, 2.05) is 17.8 Å². The summed E-state index contributed by atoms with van der Waals surface area (Å²) in [6.07, 6.45) is 2.13. The number of hydrogen-bond donors (Lipinski definition) is 1. The molecular formula is C15H24N2O2S. The van der Waals surface area contributed by atoms with Crippen molar-refractivity contribution < 1.29 is 9.47 Å². The van der Waals surface area contributed by atoms with Crippen LogP contribution < -0.4 is 15.2 Å². The summed E-state index contributed by atoms with van der Waals surface area (Å²) in [4.78, 5) is 2.34.